The van der Waals surface area contributed by atoms with Gasteiger partial charge >= 0.3 is 0 Å². The largest absolute Gasteiger partial charge is 0.307 e. The lowest BCUT2D eigenvalue weighted by Gasteiger charge is -2.30. The summed E-state index contributed by atoms with van der Waals surface area (Å²) in [5.74, 6) is 1.70. The van der Waals surface area contributed by atoms with Crippen LogP contribution in [-0.2, 0) is 0 Å². The maximum Gasteiger partial charge on any atom is 0.145 e. The Hall–Kier alpha value is -0.960. The smallest absolute Gasteiger partial charge is 0.145 e. The van der Waals surface area contributed by atoms with Crippen LogP contribution in [0.2, 0.25) is 0 Å². The minimum absolute atomic E-state index is 0.353. The Morgan fingerprint density at radius 1 is 1.22 bits per heavy atom. The van der Waals surface area contributed by atoms with E-state index in [1.165, 1.54) is 32.1 Å². The van der Waals surface area contributed by atoms with Gasteiger partial charge in [-0.2, -0.15) is 0 Å². The molecule has 1 aliphatic rings. The first kappa shape index (κ1) is 13.5. The van der Waals surface area contributed by atoms with Crippen molar-refractivity contribution in [2.24, 2.45) is 5.92 Å². The molecular weight excluding hydrogens is 222 g/mol. The van der Waals surface area contributed by atoms with E-state index in [0.717, 1.165) is 24.4 Å². The third kappa shape index (κ3) is 3.52. The third-order valence-corrected chi connectivity index (χ3v) is 3.81. The predicted octanol–water partition coefficient (Wildman–Crippen LogP) is 3.41. The number of aryl methyl sites for hydroxylation is 1. The SMILES string of the molecule is CCCNC(c1ncc(C)cn1)C1CCCCC1. The molecule has 1 N–H and O–H groups in total. The van der Waals surface area contributed by atoms with E-state index in [4.69, 9.17) is 0 Å². The van der Waals surface area contributed by atoms with Gasteiger partial charge in [0.1, 0.15) is 5.82 Å². The number of nitrogens with zero attached hydrogens (tertiary/aromatic N) is 2. The lowest BCUT2D eigenvalue weighted by molar-refractivity contribution is 0.263. The van der Waals surface area contributed by atoms with Crippen molar-refractivity contribution in [3.05, 3.63) is 23.8 Å². The molecule has 1 aliphatic carbocycles. The molecule has 1 fully saturated rings. The van der Waals surface area contributed by atoms with Crippen LogP contribution in [0, 0.1) is 12.8 Å². The molecule has 18 heavy (non-hydrogen) atoms. The van der Waals surface area contributed by atoms with Crippen molar-refractivity contribution in [1.29, 1.82) is 0 Å². The van der Waals surface area contributed by atoms with Crippen molar-refractivity contribution in [2.75, 3.05) is 6.54 Å². The van der Waals surface area contributed by atoms with Crippen molar-refractivity contribution >= 4 is 0 Å². The summed E-state index contributed by atoms with van der Waals surface area (Å²) < 4.78 is 0. The van der Waals surface area contributed by atoms with E-state index < -0.39 is 0 Å². The lowest BCUT2D eigenvalue weighted by Crippen LogP contribution is -2.31. The lowest BCUT2D eigenvalue weighted by atomic mass is 9.83. The summed E-state index contributed by atoms with van der Waals surface area (Å²) in [4.78, 5) is 9.07. The van der Waals surface area contributed by atoms with E-state index in [-0.39, 0.29) is 0 Å². The first-order valence-electron chi connectivity index (χ1n) is 7.33. The third-order valence-electron chi connectivity index (χ3n) is 3.81. The Kier molecular flexibility index (Phi) is 5.12. The second kappa shape index (κ2) is 6.83. The number of aromatic nitrogens is 2. The molecule has 0 amide bonds. The summed E-state index contributed by atoms with van der Waals surface area (Å²) in [6, 6.07) is 0.353. The summed E-state index contributed by atoms with van der Waals surface area (Å²) in [5, 5.41) is 3.65. The van der Waals surface area contributed by atoms with E-state index in [2.05, 4.69) is 22.2 Å². The van der Waals surface area contributed by atoms with Crippen LogP contribution < -0.4 is 5.32 Å². The van der Waals surface area contributed by atoms with Gasteiger partial charge in [-0.1, -0.05) is 26.2 Å². The molecule has 100 valence electrons. The van der Waals surface area contributed by atoms with Gasteiger partial charge in [-0.15, -0.1) is 0 Å². The highest BCUT2D eigenvalue weighted by Crippen LogP contribution is 2.33. The highest BCUT2D eigenvalue weighted by atomic mass is 15.0. The molecule has 1 unspecified atom stereocenters. The number of hydrogen-bond acceptors (Lipinski definition) is 3. The second-order valence-electron chi connectivity index (χ2n) is 5.45. The topological polar surface area (TPSA) is 37.8 Å². The Morgan fingerprint density at radius 2 is 1.89 bits per heavy atom. The fraction of sp³-hybridized carbons (Fsp3) is 0.733. The first-order valence-corrected chi connectivity index (χ1v) is 7.33. The Bertz CT molecular complexity index is 341. The van der Waals surface area contributed by atoms with E-state index in [1.54, 1.807) is 0 Å². The molecule has 0 bridgehead atoms. The first-order chi connectivity index (χ1) is 8.81. The maximum atomic E-state index is 4.53. The Balaban J connectivity index is 2.10. The van der Waals surface area contributed by atoms with Crippen LogP contribution in [0.15, 0.2) is 12.4 Å². The molecule has 3 nitrogen and oxygen atoms in total. The number of nitrogens with one attached hydrogen (secondary N) is 1. The molecule has 0 spiro atoms. The Labute approximate surface area is 110 Å². The van der Waals surface area contributed by atoms with Crippen LogP contribution >= 0.6 is 0 Å². The quantitative estimate of drug-likeness (QED) is 0.866. The highest BCUT2D eigenvalue weighted by Gasteiger charge is 2.26. The minimum atomic E-state index is 0.353. The van der Waals surface area contributed by atoms with Gasteiger partial charge in [-0.3, -0.25) is 0 Å². The molecule has 0 radical (unpaired) electrons. The molecule has 1 atom stereocenters. The number of rotatable bonds is 5. The van der Waals surface area contributed by atoms with Gasteiger partial charge in [0.25, 0.3) is 0 Å². The second-order valence-corrected chi connectivity index (χ2v) is 5.45. The standard InChI is InChI=1S/C15H25N3/c1-3-9-16-14(13-7-5-4-6-8-13)15-17-10-12(2)11-18-15/h10-11,13-14,16H,3-9H2,1-2H3. The summed E-state index contributed by atoms with van der Waals surface area (Å²) >= 11 is 0. The van der Waals surface area contributed by atoms with Crippen LogP contribution in [0.4, 0.5) is 0 Å². The monoisotopic (exact) mass is 247 g/mol. The Morgan fingerprint density at radius 3 is 2.50 bits per heavy atom. The highest BCUT2D eigenvalue weighted by molar-refractivity contribution is 5.06. The van der Waals surface area contributed by atoms with E-state index in [1.807, 2.05) is 19.3 Å². The van der Waals surface area contributed by atoms with Gasteiger partial charge in [-0.05, 0) is 44.2 Å². The normalized spacial score (nSPS) is 18.8. The zero-order valence-corrected chi connectivity index (χ0v) is 11.7. The van der Waals surface area contributed by atoms with Gasteiger partial charge in [0.05, 0.1) is 6.04 Å². The molecule has 3 heteroatoms. The van der Waals surface area contributed by atoms with Crippen molar-refractivity contribution in [3.8, 4) is 0 Å². The maximum absolute atomic E-state index is 4.53. The van der Waals surface area contributed by atoms with Gasteiger partial charge in [0.2, 0.25) is 0 Å². The summed E-state index contributed by atoms with van der Waals surface area (Å²) in [6.45, 7) is 5.30. The molecular formula is C15H25N3. The molecule has 0 aliphatic heterocycles. The van der Waals surface area contributed by atoms with Crippen molar-refractivity contribution in [3.63, 3.8) is 0 Å². The van der Waals surface area contributed by atoms with Crippen LogP contribution in [0.3, 0.4) is 0 Å². The van der Waals surface area contributed by atoms with E-state index >= 15 is 0 Å². The van der Waals surface area contributed by atoms with Crippen LogP contribution in [0.5, 0.6) is 0 Å². The van der Waals surface area contributed by atoms with Gasteiger partial charge in [-0.25, -0.2) is 9.97 Å². The van der Waals surface area contributed by atoms with Gasteiger partial charge < -0.3 is 5.32 Å². The summed E-state index contributed by atoms with van der Waals surface area (Å²) in [5.41, 5.74) is 1.14. The molecule has 0 saturated heterocycles. The molecule has 1 aromatic rings. The molecule has 0 aromatic carbocycles. The minimum Gasteiger partial charge on any atom is -0.307 e. The fourth-order valence-corrected chi connectivity index (χ4v) is 2.80. The average molecular weight is 247 g/mol. The van der Waals surface area contributed by atoms with Crippen molar-refractivity contribution < 1.29 is 0 Å². The van der Waals surface area contributed by atoms with Crippen molar-refractivity contribution in [1.82, 2.24) is 15.3 Å². The zero-order valence-electron chi connectivity index (χ0n) is 11.7. The summed E-state index contributed by atoms with van der Waals surface area (Å²) in [7, 11) is 0. The van der Waals surface area contributed by atoms with Gasteiger partial charge in [0.15, 0.2) is 0 Å². The fourth-order valence-electron chi connectivity index (χ4n) is 2.80. The molecule has 1 saturated carbocycles. The number of hydrogen-bond donors (Lipinski definition) is 1. The molecule has 1 aromatic heterocycles. The summed E-state index contributed by atoms with van der Waals surface area (Å²) in [6.07, 6.45) is 11.8. The van der Waals surface area contributed by atoms with Crippen molar-refractivity contribution in [2.45, 2.75) is 58.4 Å². The zero-order chi connectivity index (χ0) is 12.8. The van der Waals surface area contributed by atoms with Gasteiger partial charge in [0, 0.05) is 12.4 Å². The molecule has 2 rings (SSSR count). The molecule has 1 heterocycles. The van der Waals surface area contributed by atoms with E-state index in [9.17, 15) is 0 Å². The van der Waals surface area contributed by atoms with Crippen LogP contribution in [-0.4, -0.2) is 16.5 Å². The van der Waals surface area contributed by atoms with E-state index in [0.29, 0.717) is 12.0 Å². The van der Waals surface area contributed by atoms with Crippen LogP contribution in [0.1, 0.15) is 62.9 Å². The predicted molar refractivity (Wildman–Crippen MR) is 74.4 cm³/mol. The van der Waals surface area contributed by atoms with Crippen LogP contribution in [0.25, 0.3) is 0 Å². The average Bonchev–Trinajstić information content (AvgIpc) is 2.42.